The van der Waals surface area contributed by atoms with Crippen LogP contribution >= 0.6 is 0 Å². The van der Waals surface area contributed by atoms with Crippen LogP contribution in [-0.2, 0) is 26.2 Å². The molecule has 0 fully saturated rings. The van der Waals surface area contributed by atoms with Gasteiger partial charge in [-0.05, 0) is 45.4 Å². The number of likely N-dealkylation sites (N-methyl/N-ethyl adjacent to an activating group) is 1. The molecular formula is C25H33N3O6S. The third-order valence-corrected chi connectivity index (χ3v) is 7.49. The summed E-state index contributed by atoms with van der Waals surface area (Å²) in [5.41, 5.74) is 2.16. The van der Waals surface area contributed by atoms with E-state index in [0.29, 0.717) is 36.9 Å². The van der Waals surface area contributed by atoms with Gasteiger partial charge in [-0.25, -0.2) is 8.42 Å². The average Bonchev–Trinajstić information content (AvgIpc) is 2.85. The molecule has 2 amide bonds. The SMILES string of the molecule is CCNC(=O)C(C)N(Cc1cccc(C)c1)C(=O)CN(c1ccc2c(c1)OCCO2)S(=O)(=O)CC. The highest BCUT2D eigenvalue weighted by Crippen LogP contribution is 2.35. The number of nitrogens with zero attached hydrogens (tertiary/aromatic N) is 2. The number of carbonyl (C=O) groups excluding carboxylic acids is 2. The predicted molar refractivity (Wildman–Crippen MR) is 134 cm³/mol. The normalized spacial score (nSPS) is 13.6. The van der Waals surface area contributed by atoms with Crippen LogP contribution in [0.2, 0.25) is 0 Å². The summed E-state index contributed by atoms with van der Waals surface area (Å²) in [4.78, 5) is 27.7. The number of aryl methyl sites for hydroxylation is 1. The number of hydrogen-bond donors (Lipinski definition) is 1. The van der Waals surface area contributed by atoms with E-state index >= 15 is 0 Å². The Bertz CT molecular complexity index is 1170. The second-order valence-corrected chi connectivity index (χ2v) is 10.5. The van der Waals surface area contributed by atoms with Crippen molar-refractivity contribution in [1.29, 1.82) is 0 Å². The quantitative estimate of drug-likeness (QED) is 0.534. The Hall–Kier alpha value is -3.27. The van der Waals surface area contributed by atoms with Crippen LogP contribution in [0.25, 0.3) is 0 Å². The van der Waals surface area contributed by atoms with Gasteiger partial charge in [0.25, 0.3) is 0 Å². The van der Waals surface area contributed by atoms with Gasteiger partial charge in [-0.2, -0.15) is 0 Å². The molecule has 35 heavy (non-hydrogen) atoms. The molecule has 0 radical (unpaired) electrons. The van der Waals surface area contributed by atoms with Crippen molar-refractivity contribution >= 4 is 27.5 Å². The van der Waals surface area contributed by atoms with Crippen molar-refractivity contribution in [2.24, 2.45) is 0 Å². The smallest absolute Gasteiger partial charge is 0.244 e. The van der Waals surface area contributed by atoms with E-state index in [1.807, 2.05) is 31.2 Å². The number of anilines is 1. The van der Waals surface area contributed by atoms with E-state index in [1.165, 1.54) is 11.8 Å². The van der Waals surface area contributed by atoms with E-state index in [2.05, 4.69) is 5.32 Å². The minimum Gasteiger partial charge on any atom is -0.486 e. The van der Waals surface area contributed by atoms with Gasteiger partial charge in [0.1, 0.15) is 25.8 Å². The molecule has 9 nitrogen and oxygen atoms in total. The number of amides is 2. The summed E-state index contributed by atoms with van der Waals surface area (Å²) in [6.45, 7) is 7.80. The number of rotatable bonds is 10. The van der Waals surface area contributed by atoms with Gasteiger partial charge in [0.15, 0.2) is 11.5 Å². The van der Waals surface area contributed by atoms with Crippen LogP contribution in [0.5, 0.6) is 11.5 Å². The molecule has 0 saturated heterocycles. The van der Waals surface area contributed by atoms with Crippen LogP contribution in [0.3, 0.4) is 0 Å². The Balaban J connectivity index is 1.95. The van der Waals surface area contributed by atoms with Crippen LogP contribution in [0.1, 0.15) is 31.9 Å². The highest BCUT2D eigenvalue weighted by atomic mass is 32.2. The molecule has 2 aromatic carbocycles. The monoisotopic (exact) mass is 503 g/mol. The molecule has 1 heterocycles. The first kappa shape index (κ1) is 26.3. The zero-order valence-electron chi connectivity index (χ0n) is 20.6. The molecule has 0 spiro atoms. The van der Waals surface area contributed by atoms with Crippen molar-refractivity contribution < 1.29 is 27.5 Å². The van der Waals surface area contributed by atoms with E-state index in [9.17, 15) is 18.0 Å². The summed E-state index contributed by atoms with van der Waals surface area (Å²) >= 11 is 0. The summed E-state index contributed by atoms with van der Waals surface area (Å²) in [6, 6.07) is 11.6. The molecular weight excluding hydrogens is 470 g/mol. The number of hydrogen-bond acceptors (Lipinski definition) is 6. The topological polar surface area (TPSA) is 105 Å². The lowest BCUT2D eigenvalue weighted by Crippen LogP contribution is -2.51. The highest BCUT2D eigenvalue weighted by Gasteiger charge is 2.31. The van der Waals surface area contributed by atoms with Crippen molar-refractivity contribution in [2.75, 3.05) is 36.4 Å². The van der Waals surface area contributed by atoms with Gasteiger partial charge in [0.2, 0.25) is 21.8 Å². The molecule has 3 rings (SSSR count). The lowest BCUT2D eigenvalue weighted by atomic mass is 10.1. The molecule has 1 aliphatic rings. The molecule has 10 heteroatoms. The van der Waals surface area contributed by atoms with Gasteiger partial charge in [0.05, 0.1) is 11.4 Å². The van der Waals surface area contributed by atoms with Crippen molar-refractivity contribution in [3.05, 3.63) is 53.6 Å². The molecule has 2 aromatic rings. The Morgan fingerprint density at radius 1 is 1.06 bits per heavy atom. The van der Waals surface area contributed by atoms with E-state index in [0.717, 1.165) is 15.4 Å². The molecule has 1 N–H and O–H groups in total. The third-order valence-electron chi connectivity index (χ3n) is 5.75. The molecule has 0 saturated carbocycles. The number of ether oxygens (including phenoxy) is 2. The Labute approximate surface area is 207 Å². The fourth-order valence-electron chi connectivity index (χ4n) is 3.82. The van der Waals surface area contributed by atoms with Gasteiger partial charge in [0, 0.05) is 19.2 Å². The van der Waals surface area contributed by atoms with Gasteiger partial charge >= 0.3 is 0 Å². The minimum absolute atomic E-state index is 0.167. The average molecular weight is 504 g/mol. The van der Waals surface area contributed by atoms with Crippen LogP contribution in [0.15, 0.2) is 42.5 Å². The van der Waals surface area contributed by atoms with E-state index in [1.54, 1.807) is 32.0 Å². The summed E-state index contributed by atoms with van der Waals surface area (Å²) in [6.07, 6.45) is 0. The molecule has 1 aliphatic heterocycles. The minimum atomic E-state index is -3.82. The van der Waals surface area contributed by atoms with E-state index in [4.69, 9.17) is 9.47 Å². The standard InChI is InChI=1S/C25H33N3O6S/c1-5-26-25(30)19(4)27(16-20-9-7-8-18(3)14-20)24(29)17-28(35(31,32)6-2)21-10-11-22-23(15-21)34-13-12-33-22/h7-11,14-15,19H,5-6,12-13,16-17H2,1-4H3,(H,26,30). The first-order chi connectivity index (χ1) is 16.7. The lowest BCUT2D eigenvalue weighted by Gasteiger charge is -2.32. The van der Waals surface area contributed by atoms with E-state index < -0.39 is 28.5 Å². The molecule has 1 atom stereocenters. The lowest BCUT2D eigenvalue weighted by molar-refractivity contribution is -0.139. The third kappa shape index (κ3) is 6.45. The van der Waals surface area contributed by atoms with Gasteiger partial charge in [-0.3, -0.25) is 13.9 Å². The number of fused-ring (bicyclic) bond motifs is 1. The molecule has 190 valence electrons. The molecule has 0 aliphatic carbocycles. The van der Waals surface area contributed by atoms with Crippen LogP contribution in [0.4, 0.5) is 5.69 Å². The molecule has 0 bridgehead atoms. The first-order valence-corrected chi connectivity index (χ1v) is 13.3. The number of nitrogens with one attached hydrogen (secondary N) is 1. The summed E-state index contributed by atoms with van der Waals surface area (Å²) in [5.74, 6) is -0.0517. The second-order valence-electron chi connectivity index (χ2n) is 8.32. The van der Waals surface area contributed by atoms with Crippen molar-refractivity contribution in [2.45, 2.75) is 40.3 Å². The predicted octanol–water partition coefficient (Wildman–Crippen LogP) is 2.48. The van der Waals surface area contributed by atoms with Crippen molar-refractivity contribution in [3.8, 4) is 11.5 Å². The number of carbonyl (C=O) groups is 2. The summed E-state index contributed by atoms with van der Waals surface area (Å²) in [5, 5.41) is 2.74. The van der Waals surface area contributed by atoms with Crippen LogP contribution in [-0.4, -0.2) is 63.2 Å². The van der Waals surface area contributed by atoms with E-state index in [-0.39, 0.29) is 18.2 Å². The summed E-state index contributed by atoms with van der Waals surface area (Å²) in [7, 11) is -3.82. The van der Waals surface area contributed by atoms with Crippen LogP contribution < -0.4 is 19.1 Å². The second kappa shape index (κ2) is 11.4. The molecule has 0 aromatic heterocycles. The fourth-order valence-corrected chi connectivity index (χ4v) is 4.87. The Morgan fingerprint density at radius 3 is 2.43 bits per heavy atom. The summed E-state index contributed by atoms with van der Waals surface area (Å²) < 4.78 is 38.3. The number of sulfonamides is 1. The van der Waals surface area contributed by atoms with Crippen molar-refractivity contribution in [3.63, 3.8) is 0 Å². The first-order valence-electron chi connectivity index (χ1n) is 11.7. The zero-order chi connectivity index (χ0) is 25.6. The van der Waals surface area contributed by atoms with Gasteiger partial charge < -0.3 is 19.7 Å². The maximum absolute atomic E-state index is 13.6. The number of benzene rings is 2. The van der Waals surface area contributed by atoms with Crippen molar-refractivity contribution in [1.82, 2.24) is 10.2 Å². The van der Waals surface area contributed by atoms with Crippen LogP contribution in [0, 0.1) is 6.92 Å². The maximum Gasteiger partial charge on any atom is 0.244 e. The fraction of sp³-hybridized carbons (Fsp3) is 0.440. The zero-order valence-corrected chi connectivity index (χ0v) is 21.4. The maximum atomic E-state index is 13.6. The Kier molecular flexibility index (Phi) is 8.61. The largest absolute Gasteiger partial charge is 0.486 e. The Morgan fingerprint density at radius 2 is 1.77 bits per heavy atom. The highest BCUT2D eigenvalue weighted by molar-refractivity contribution is 7.92. The molecule has 1 unspecified atom stereocenters. The van der Waals surface area contributed by atoms with Gasteiger partial charge in [-0.1, -0.05) is 29.8 Å². The van der Waals surface area contributed by atoms with Gasteiger partial charge in [-0.15, -0.1) is 0 Å².